The van der Waals surface area contributed by atoms with Gasteiger partial charge in [0.25, 0.3) is 0 Å². The number of hydrogen-bond acceptors (Lipinski definition) is 3. The molecule has 18 heavy (non-hydrogen) atoms. The number of carbonyl (C=O) groups excluding carboxylic acids is 1. The molecule has 0 fully saturated rings. The highest BCUT2D eigenvalue weighted by atomic mass is 35.5. The zero-order valence-electron chi connectivity index (χ0n) is 10.6. The zero-order valence-corrected chi connectivity index (χ0v) is 11.3. The minimum Gasteiger partial charge on any atom is -0.495 e. The first-order chi connectivity index (χ1) is 8.44. The molecule has 0 spiro atoms. The number of anilines is 1. The Bertz CT molecular complexity index is 492. The Balaban J connectivity index is 2.99. The molecule has 1 aromatic carbocycles. The van der Waals surface area contributed by atoms with Gasteiger partial charge in [-0.05, 0) is 26.0 Å². The molecule has 0 bridgehead atoms. The maximum absolute atomic E-state index is 12.0. The molecule has 0 saturated heterocycles. The first-order valence-corrected chi connectivity index (χ1v) is 5.93. The van der Waals surface area contributed by atoms with Gasteiger partial charge in [-0.25, -0.2) is 0 Å². The van der Waals surface area contributed by atoms with E-state index < -0.39 is 5.41 Å². The Hall–Kier alpha value is -1.73. The third-order valence-electron chi connectivity index (χ3n) is 2.53. The summed E-state index contributed by atoms with van der Waals surface area (Å²) in [6.45, 7) is 3.51. The molecule has 96 valence electrons. The Morgan fingerprint density at radius 3 is 2.72 bits per heavy atom. The summed E-state index contributed by atoms with van der Waals surface area (Å²) in [6.07, 6.45) is 0. The average Bonchev–Trinajstić information content (AvgIpc) is 2.38. The van der Waals surface area contributed by atoms with E-state index >= 15 is 0 Å². The number of benzene rings is 1. The van der Waals surface area contributed by atoms with E-state index in [4.69, 9.17) is 21.6 Å². The lowest BCUT2D eigenvalue weighted by atomic mass is 9.95. The highest BCUT2D eigenvalue weighted by Crippen LogP contribution is 2.28. The molecule has 0 aliphatic rings. The van der Waals surface area contributed by atoms with Gasteiger partial charge in [0.15, 0.2) is 0 Å². The normalized spacial score (nSPS) is 10.6. The van der Waals surface area contributed by atoms with Crippen LogP contribution in [0.25, 0.3) is 0 Å². The number of rotatable bonds is 4. The van der Waals surface area contributed by atoms with E-state index in [1.54, 1.807) is 32.0 Å². The number of nitrogens with one attached hydrogen (secondary N) is 1. The molecule has 0 atom stereocenters. The number of nitrogens with zero attached hydrogens (tertiary/aromatic N) is 1. The van der Waals surface area contributed by atoms with Crippen LogP contribution in [0.1, 0.15) is 19.4 Å². The number of amides is 1. The van der Waals surface area contributed by atoms with Crippen LogP contribution in [0.3, 0.4) is 0 Å². The minimum absolute atomic E-state index is 0.194. The van der Waals surface area contributed by atoms with E-state index in [0.29, 0.717) is 17.0 Å². The summed E-state index contributed by atoms with van der Waals surface area (Å²) in [4.78, 5) is 12.0. The van der Waals surface area contributed by atoms with Gasteiger partial charge in [0, 0.05) is 11.9 Å². The van der Waals surface area contributed by atoms with Gasteiger partial charge in [-0.1, -0.05) is 0 Å². The molecule has 5 heteroatoms. The summed E-state index contributed by atoms with van der Waals surface area (Å²) >= 11 is 5.74. The van der Waals surface area contributed by atoms with Gasteiger partial charge in [0.05, 0.1) is 29.8 Å². The van der Waals surface area contributed by atoms with Crippen molar-refractivity contribution >= 4 is 23.2 Å². The van der Waals surface area contributed by atoms with Crippen molar-refractivity contribution in [2.45, 2.75) is 13.8 Å². The summed E-state index contributed by atoms with van der Waals surface area (Å²) in [6, 6.07) is 6.84. The van der Waals surface area contributed by atoms with Crippen LogP contribution in [0.2, 0.25) is 0 Å². The van der Waals surface area contributed by atoms with E-state index in [-0.39, 0.29) is 11.8 Å². The van der Waals surface area contributed by atoms with Crippen molar-refractivity contribution in [3.8, 4) is 11.8 Å². The topological polar surface area (TPSA) is 62.1 Å². The zero-order chi connectivity index (χ0) is 13.8. The Kier molecular flexibility index (Phi) is 4.57. The first kappa shape index (κ1) is 14.3. The maximum Gasteiger partial charge on any atom is 0.231 e. The van der Waals surface area contributed by atoms with E-state index in [0.717, 1.165) is 0 Å². The summed E-state index contributed by atoms with van der Waals surface area (Å²) in [7, 11) is 1.48. The highest BCUT2D eigenvalue weighted by Gasteiger charge is 2.27. The monoisotopic (exact) mass is 266 g/mol. The Morgan fingerprint density at radius 2 is 2.22 bits per heavy atom. The average molecular weight is 267 g/mol. The van der Waals surface area contributed by atoms with Crippen molar-refractivity contribution in [1.82, 2.24) is 0 Å². The van der Waals surface area contributed by atoms with Crippen LogP contribution in [0.5, 0.6) is 5.75 Å². The van der Waals surface area contributed by atoms with Gasteiger partial charge in [-0.15, -0.1) is 11.6 Å². The minimum atomic E-state index is -0.666. The second kappa shape index (κ2) is 5.74. The van der Waals surface area contributed by atoms with Crippen molar-refractivity contribution in [3.63, 3.8) is 0 Å². The molecule has 1 aromatic rings. The predicted octanol–water partition coefficient (Wildman–Crippen LogP) is 2.77. The number of hydrogen-bond donors (Lipinski definition) is 1. The molecular formula is C13H15ClN2O2. The molecule has 4 nitrogen and oxygen atoms in total. The van der Waals surface area contributed by atoms with Crippen LogP contribution in [0, 0.1) is 16.7 Å². The summed E-state index contributed by atoms with van der Waals surface area (Å²) in [5, 5.41) is 11.5. The molecule has 0 heterocycles. The van der Waals surface area contributed by atoms with Crippen LogP contribution in [-0.2, 0) is 4.79 Å². The number of carbonyl (C=O) groups is 1. The third kappa shape index (κ3) is 3.14. The lowest BCUT2D eigenvalue weighted by Gasteiger charge is -2.21. The highest BCUT2D eigenvalue weighted by molar-refractivity contribution is 6.20. The molecule has 0 unspecified atom stereocenters. The molecule has 1 N–H and O–H groups in total. The Morgan fingerprint density at radius 1 is 1.56 bits per heavy atom. The summed E-state index contributed by atoms with van der Waals surface area (Å²) in [5.41, 5.74) is 0.335. The number of methoxy groups -OCH3 is 1. The van der Waals surface area contributed by atoms with E-state index in [1.165, 1.54) is 7.11 Å². The molecule has 0 aliphatic carbocycles. The van der Waals surface area contributed by atoms with Gasteiger partial charge >= 0.3 is 0 Å². The molecule has 0 saturated carbocycles. The third-order valence-corrected chi connectivity index (χ3v) is 3.20. The molecule has 0 aliphatic heterocycles. The standard InChI is InChI=1S/C13H15ClN2O2/c1-13(2,8-14)12(17)16-10-5-4-9(7-15)6-11(10)18-3/h4-6H,8H2,1-3H3,(H,16,17). The van der Waals surface area contributed by atoms with E-state index in [2.05, 4.69) is 5.32 Å². The fraction of sp³-hybridized carbons (Fsp3) is 0.385. The van der Waals surface area contributed by atoms with Crippen molar-refractivity contribution < 1.29 is 9.53 Å². The fourth-order valence-corrected chi connectivity index (χ4v) is 1.34. The van der Waals surface area contributed by atoms with Gasteiger partial charge in [-0.3, -0.25) is 4.79 Å². The van der Waals surface area contributed by atoms with Crippen LogP contribution in [0.4, 0.5) is 5.69 Å². The molecule has 1 rings (SSSR count). The lowest BCUT2D eigenvalue weighted by molar-refractivity contribution is -0.122. The van der Waals surface area contributed by atoms with Crippen molar-refractivity contribution in [2.24, 2.45) is 5.41 Å². The van der Waals surface area contributed by atoms with Gasteiger partial charge in [0.2, 0.25) is 5.91 Å². The van der Waals surface area contributed by atoms with Crippen LogP contribution in [0.15, 0.2) is 18.2 Å². The quantitative estimate of drug-likeness (QED) is 0.853. The summed E-state index contributed by atoms with van der Waals surface area (Å²) in [5.74, 6) is 0.477. The second-order valence-corrected chi connectivity index (χ2v) is 4.77. The van der Waals surface area contributed by atoms with E-state index in [1.807, 2.05) is 6.07 Å². The summed E-state index contributed by atoms with van der Waals surface area (Å²) < 4.78 is 5.14. The fourth-order valence-electron chi connectivity index (χ4n) is 1.22. The molecule has 0 aromatic heterocycles. The maximum atomic E-state index is 12.0. The number of nitriles is 1. The lowest BCUT2D eigenvalue weighted by Crippen LogP contribution is -2.32. The van der Waals surface area contributed by atoms with Crippen LogP contribution in [-0.4, -0.2) is 18.9 Å². The number of halogens is 1. The van der Waals surface area contributed by atoms with Crippen LogP contribution < -0.4 is 10.1 Å². The largest absolute Gasteiger partial charge is 0.495 e. The van der Waals surface area contributed by atoms with E-state index in [9.17, 15) is 4.79 Å². The second-order valence-electron chi connectivity index (χ2n) is 4.50. The number of alkyl halides is 1. The SMILES string of the molecule is COc1cc(C#N)ccc1NC(=O)C(C)(C)CCl. The van der Waals surface area contributed by atoms with Crippen LogP contribution >= 0.6 is 11.6 Å². The smallest absolute Gasteiger partial charge is 0.231 e. The van der Waals surface area contributed by atoms with Gasteiger partial charge in [-0.2, -0.15) is 5.26 Å². The molecule has 0 radical (unpaired) electrons. The molecule has 1 amide bonds. The predicted molar refractivity (Wildman–Crippen MR) is 70.8 cm³/mol. The molecular weight excluding hydrogens is 252 g/mol. The van der Waals surface area contributed by atoms with Gasteiger partial charge < -0.3 is 10.1 Å². The first-order valence-electron chi connectivity index (χ1n) is 5.40. The van der Waals surface area contributed by atoms with Crippen molar-refractivity contribution in [1.29, 1.82) is 5.26 Å². The Labute approximate surface area is 112 Å². The number of ether oxygens (including phenoxy) is 1. The van der Waals surface area contributed by atoms with Crippen molar-refractivity contribution in [2.75, 3.05) is 18.3 Å². The van der Waals surface area contributed by atoms with Gasteiger partial charge in [0.1, 0.15) is 5.75 Å². The van der Waals surface area contributed by atoms with Crippen molar-refractivity contribution in [3.05, 3.63) is 23.8 Å².